The summed E-state index contributed by atoms with van der Waals surface area (Å²) in [5.74, 6) is -2.49. The molecule has 1 aliphatic rings. The van der Waals surface area contributed by atoms with E-state index in [9.17, 15) is 14.0 Å². The van der Waals surface area contributed by atoms with Crippen molar-refractivity contribution in [1.29, 1.82) is 0 Å². The molecule has 1 N–H and O–H groups in total. The van der Waals surface area contributed by atoms with E-state index in [0.29, 0.717) is 18.4 Å². The zero-order chi connectivity index (χ0) is 12.4. The molecule has 2 rings (SSSR count). The summed E-state index contributed by atoms with van der Waals surface area (Å²) in [5.41, 5.74) is 1.27. The Kier molecular flexibility index (Phi) is 3.04. The Bertz CT molecular complexity index is 488. The van der Waals surface area contributed by atoms with Crippen LogP contribution in [0.1, 0.15) is 24.3 Å². The number of carboxylic acid groups (broad SMARTS) is 1. The second-order valence-corrected chi connectivity index (χ2v) is 4.05. The van der Waals surface area contributed by atoms with Gasteiger partial charge in [-0.15, -0.1) is 0 Å². The number of carbonyl (C=O) groups excluding carboxylic acids is 1. The van der Waals surface area contributed by atoms with E-state index in [1.165, 1.54) is 12.1 Å². The summed E-state index contributed by atoms with van der Waals surface area (Å²) in [6, 6.07) is 6.07. The summed E-state index contributed by atoms with van der Waals surface area (Å²) in [5, 5.41) is 8.60. The van der Waals surface area contributed by atoms with Crippen LogP contribution in [0.2, 0.25) is 0 Å². The molecule has 1 aliphatic carbocycles. The average Bonchev–Trinajstić information content (AvgIpc) is 2.78. The van der Waals surface area contributed by atoms with Crippen molar-refractivity contribution in [2.45, 2.75) is 18.8 Å². The molecule has 1 atom stereocenters. The van der Waals surface area contributed by atoms with Crippen molar-refractivity contribution in [1.82, 2.24) is 0 Å². The van der Waals surface area contributed by atoms with Crippen molar-refractivity contribution < 1.29 is 19.1 Å². The van der Waals surface area contributed by atoms with Gasteiger partial charge in [-0.05, 0) is 36.5 Å². The maximum atomic E-state index is 12.7. The first-order valence-corrected chi connectivity index (χ1v) is 5.30. The van der Waals surface area contributed by atoms with E-state index < -0.39 is 11.8 Å². The lowest BCUT2D eigenvalue weighted by Crippen LogP contribution is -2.14. The van der Waals surface area contributed by atoms with Crippen LogP contribution in [-0.4, -0.2) is 16.9 Å². The Morgan fingerprint density at radius 2 is 1.88 bits per heavy atom. The van der Waals surface area contributed by atoms with Gasteiger partial charge in [0.15, 0.2) is 0 Å². The smallest absolute Gasteiger partial charge is 0.376 e. The van der Waals surface area contributed by atoms with Gasteiger partial charge in [-0.1, -0.05) is 18.2 Å². The molecule has 3 nitrogen and oxygen atoms in total. The molecular weight excluding hydrogens is 223 g/mol. The third-order valence-corrected chi connectivity index (χ3v) is 2.94. The molecule has 0 fully saturated rings. The van der Waals surface area contributed by atoms with Crippen molar-refractivity contribution >= 4 is 11.8 Å². The van der Waals surface area contributed by atoms with Gasteiger partial charge >= 0.3 is 5.97 Å². The fraction of sp³-hybridized carbons (Fsp3) is 0.231. The number of benzene rings is 1. The van der Waals surface area contributed by atoms with Crippen LogP contribution in [0.5, 0.6) is 0 Å². The van der Waals surface area contributed by atoms with Crippen molar-refractivity contribution in [2.24, 2.45) is 0 Å². The fourth-order valence-electron chi connectivity index (χ4n) is 2.03. The quantitative estimate of drug-likeness (QED) is 0.816. The van der Waals surface area contributed by atoms with Crippen LogP contribution >= 0.6 is 0 Å². The predicted molar refractivity (Wildman–Crippen MR) is 59.1 cm³/mol. The summed E-state index contributed by atoms with van der Waals surface area (Å²) < 4.78 is 12.7. The number of ketones is 1. The van der Waals surface area contributed by atoms with Gasteiger partial charge in [0.2, 0.25) is 0 Å². The van der Waals surface area contributed by atoms with E-state index in [4.69, 9.17) is 5.11 Å². The lowest BCUT2D eigenvalue weighted by molar-refractivity contribution is -0.147. The normalized spacial score (nSPS) is 18.9. The molecule has 1 aromatic rings. The van der Waals surface area contributed by atoms with Crippen molar-refractivity contribution in [3.05, 3.63) is 47.3 Å². The third-order valence-electron chi connectivity index (χ3n) is 2.94. The number of aliphatic carboxylic acids is 1. The van der Waals surface area contributed by atoms with E-state index in [0.717, 1.165) is 5.56 Å². The molecule has 1 aromatic carbocycles. The molecule has 0 aliphatic heterocycles. The second kappa shape index (κ2) is 4.49. The minimum Gasteiger partial charge on any atom is -0.475 e. The van der Waals surface area contributed by atoms with Crippen molar-refractivity contribution in [3.8, 4) is 0 Å². The van der Waals surface area contributed by atoms with Gasteiger partial charge in [0.1, 0.15) is 5.82 Å². The number of carbonyl (C=O) groups is 2. The molecule has 0 amide bonds. The van der Waals surface area contributed by atoms with Crippen LogP contribution in [0, 0.1) is 5.82 Å². The Morgan fingerprint density at radius 3 is 2.47 bits per heavy atom. The van der Waals surface area contributed by atoms with Gasteiger partial charge < -0.3 is 5.11 Å². The van der Waals surface area contributed by atoms with E-state index in [1.807, 2.05) is 0 Å². The summed E-state index contributed by atoms with van der Waals surface area (Å²) in [6.45, 7) is 0. The van der Waals surface area contributed by atoms with E-state index in [1.54, 1.807) is 18.2 Å². The highest BCUT2D eigenvalue weighted by Crippen LogP contribution is 2.34. The van der Waals surface area contributed by atoms with Crippen LogP contribution in [0.3, 0.4) is 0 Å². The highest BCUT2D eigenvalue weighted by Gasteiger charge is 2.26. The first kappa shape index (κ1) is 11.5. The van der Waals surface area contributed by atoms with Gasteiger partial charge in [-0.2, -0.15) is 0 Å². The highest BCUT2D eigenvalue weighted by molar-refractivity contribution is 6.39. The summed E-state index contributed by atoms with van der Waals surface area (Å²) in [6.07, 6.45) is 2.70. The Labute approximate surface area is 97.6 Å². The predicted octanol–water partition coefficient (Wildman–Crippen LogP) is 2.28. The molecule has 4 heteroatoms. The SMILES string of the molecule is O=C(O)C(=O)C1=CCC(c2ccc(F)cc2)C1. The molecule has 1 unspecified atom stereocenters. The monoisotopic (exact) mass is 234 g/mol. The molecule has 0 saturated heterocycles. The molecule has 0 saturated carbocycles. The third kappa shape index (κ3) is 2.41. The lowest BCUT2D eigenvalue weighted by atomic mass is 9.95. The van der Waals surface area contributed by atoms with Crippen LogP contribution in [0.25, 0.3) is 0 Å². The van der Waals surface area contributed by atoms with E-state index in [2.05, 4.69) is 0 Å². The van der Waals surface area contributed by atoms with Crippen LogP contribution in [-0.2, 0) is 9.59 Å². The maximum Gasteiger partial charge on any atom is 0.376 e. The van der Waals surface area contributed by atoms with Gasteiger partial charge in [-0.25, -0.2) is 9.18 Å². The van der Waals surface area contributed by atoms with E-state index >= 15 is 0 Å². The fourth-order valence-corrected chi connectivity index (χ4v) is 2.03. The first-order chi connectivity index (χ1) is 8.08. The Balaban J connectivity index is 2.08. The standard InChI is InChI=1S/C13H11FO3/c14-11-5-3-8(4-6-11)9-1-2-10(7-9)12(15)13(16)17/h2-6,9H,1,7H2,(H,16,17). The van der Waals surface area contributed by atoms with E-state index in [-0.39, 0.29) is 11.7 Å². The zero-order valence-electron chi connectivity index (χ0n) is 9.02. The number of hydrogen-bond donors (Lipinski definition) is 1. The molecule has 0 spiro atoms. The molecule has 0 radical (unpaired) electrons. The summed E-state index contributed by atoms with van der Waals surface area (Å²) in [4.78, 5) is 21.8. The number of allylic oxidation sites excluding steroid dienone is 1. The maximum absolute atomic E-state index is 12.7. The largest absolute Gasteiger partial charge is 0.475 e. The number of Topliss-reactive ketones (excluding diaryl/α,β-unsaturated/α-hetero) is 1. The number of carboxylic acids is 1. The van der Waals surface area contributed by atoms with Crippen LogP contribution in [0.15, 0.2) is 35.9 Å². The highest BCUT2D eigenvalue weighted by atomic mass is 19.1. The van der Waals surface area contributed by atoms with Gasteiger partial charge in [0.05, 0.1) is 0 Å². The Morgan fingerprint density at radius 1 is 1.24 bits per heavy atom. The number of rotatable bonds is 3. The lowest BCUT2D eigenvalue weighted by Gasteiger charge is -2.09. The molecule has 0 aromatic heterocycles. The second-order valence-electron chi connectivity index (χ2n) is 4.05. The minimum atomic E-state index is -1.42. The van der Waals surface area contributed by atoms with Gasteiger partial charge in [0.25, 0.3) is 5.78 Å². The van der Waals surface area contributed by atoms with Crippen LogP contribution in [0.4, 0.5) is 4.39 Å². The molecule has 0 bridgehead atoms. The number of halogens is 1. The Hall–Kier alpha value is -1.97. The van der Waals surface area contributed by atoms with Crippen LogP contribution < -0.4 is 0 Å². The van der Waals surface area contributed by atoms with Gasteiger partial charge in [0, 0.05) is 5.57 Å². The minimum absolute atomic E-state index is 0.0777. The molecular formula is C13H11FO3. The molecule has 0 heterocycles. The summed E-state index contributed by atoms with van der Waals surface area (Å²) >= 11 is 0. The average molecular weight is 234 g/mol. The topological polar surface area (TPSA) is 54.4 Å². The van der Waals surface area contributed by atoms with Crippen molar-refractivity contribution in [3.63, 3.8) is 0 Å². The zero-order valence-corrected chi connectivity index (χ0v) is 9.02. The van der Waals surface area contributed by atoms with Gasteiger partial charge in [-0.3, -0.25) is 4.79 Å². The molecule has 88 valence electrons. The summed E-state index contributed by atoms with van der Waals surface area (Å²) in [7, 11) is 0. The molecule has 17 heavy (non-hydrogen) atoms. The number of hydrogen-bond acceptors (Lipinski definition) is 2. The van der Waals surface area contributed by atoms with Crippen molar-refractivity contribution in [2.75, 3.05) is 0 Å². The first-order valence-electron chi connectivity index (χ1n) is 5.30.